The fourth-order valence-electron chi connectivity index (χ4n) is 1.22. The van der Waals surface area contributed by atoms with Gasteiger partial charge in [0, 0.05) is 12.6 Å². The van der Waals surface area contributed by atoms with Crippen LogP contribution in [0.4, 0.5) is 0 Å². The fourth-order valence-corrected chi connectivity index (χ4v) is 1.22. The van der Waals surface area contributed by atoms with E-state index in [1.807, 2.05) is 19.1 Å². The lowest BCUT2D eigenvalue weighted by Gasteiger charge is -2.08. The van der Waals surface area contributed by atoms with Crippen molar-refractivity contribution in [1.29, 1.82) is 0 Å². The van der Waals surface area contributed by atoms with Crippen molar-refractivity contribution in [2.75, 3.05) is 0 Å². The third kappa shape index (κ3) is 3.20. The lowest BCUT2D eigenvalue weighted by atomic mass is 10.1. The molecule has 0 amide bonds. The molecule has 0 aliphatic rings. The quantitative estimate of drug-likeness (QED) is 0.582. The summed E-state index contributed by atoms with van der Waals surface area (Å²) in [5.41, 5.74) is 1.83. The van der Waals surface area contributed by atoms with Crippen molar-refractivity contribution in [3.8, 4) is 12.3 Å². The summed E-state index contributed by atoms with van der Waals surface area (Å²) in [6.45, 7) is 1.97. The molecule has 0 fully saturated rings. The molecule has 1 N–H and O–H groups in total. The summed E-state index contributed by atoms with van der Waals surface area (Å²) in [5.74, 6) is 2.55. The molecule has 0 aliphatic heterocycles. The summed E-state index contributed by atoms with van der Waals surface area (Å²) in [5, 5.41) is 9.71. The number of pyridine rings is 1. The maximum Gasteiger partial charge on any atom is 0.0960 e. The lowest BCUT2D eigenvalue weighted by Crippen LogP contribution is -2.00. The Morgan fingerprint density at radius 2 is 2.36 bits per heavy atom. The molecule has 1 unspecified atom stereocenters. The van der Waals surface area contributed by atoms with Crippen molar-refractivity contribution >= 4 is 0 Å². The van der Waals surface area contributed by atoms with Gasteiger partial charge >= 0.3 is 0 Å². The molecule has 1 heterocycles. The van der Waals surface area contributed by atoms with Crippen LogP contribution in [0.3, 0.4) is 0 Å². The van der Waals surface area contributed by atoms with Crippen LogP contribution < -0.4 is 0 Å². The number of hydrogen-bond acceptors (Lipinski definition) is 2. The molecule has 0 radical (unpaired) electrons. The summed E-state index contributed by atoms with van der Waals surface area (Å²) < 4.78 is 0. The number of aryl methyl sites for hydroxylation is 1. The number of aliphatic hydroxyl groups is 1. The van der Waals surface area contributed by atoms with Gasteiger partial charge < -0.3 is 5.11 Å². The van der Waals surface area contributed by atoms with Gasteiger partial charge in [0.25, 0.3) is 0 Å². The van der Waals surface area contributed by atoms with E-state index < -0.39 is 6.10 Å². The van der Waals surface area contributed by atoms with E-state index in [1.54, 1.807) is 6.20 Å². The van der Waals surface area contributed by atoms with Gasteiger partial charge in [0.15, 0.2) is 0 Å². The summed E-state index contributed by atoms with van der Waals surface area (Å²) in [7, 11) is 0. The minimum Gasteiger partial charge on any atom is -0.387 e. The monoisotopic (exact) mass is 189 g/mol. The highest BCUT2D eigenvalue weighted by Crippen LogP contribution is 2.16. The zero-order valence-electron chi connectivity index (χ0n) is 8.40. The molecular weight excluding hydrogens is 174 g/mol. The fraction of sp³-hybridized carbons (Fsp3) is 0.417. The van der Waals surface area contributed by atoms with Gasteiger partial charge in [-0.2, -0.15) is 0 Å². The van der Waals surface area contributed by atoms with E-state index in [-0.39, 0.29) is 0 Å². The first kappa shape index (κ1) is 10.7. The molecule has 14 heavy (non-hydrogen) atoms. The van der Waals surface area contributed by atoms with E-state index in [0.717, 1.165) is 17.7 Å². The maximum absolute atomic E-state index is 9.71. The van der Waals surface area contributed by atoms with E-state index >= 15 is 0 Å². The Morgan fingerprint density at radius 1 is 1.57 bits per heavy atom. The van der Waals surface area contributed by atoms with Crippen LogP contribution in [0, 0.1) is 19.3 Å². The Hall–Kier alpha value is -1.33. The third-order valence-electron chi connectivity index (χ3n) is 2.07. The van der Waals surface area contributed by atoms with Crippen LogP contribution in [0.2, 0.25) is 0 Å². The van der Waals surface area contributed by atoms with E-state index in [4.69, 9.17) is 6.42 Å². The lowest BCUT2D eigenvalue weighted by molar-refractivity contribution is 0.160. The Morgan fingerprint density at radius 3 is 2.93 bits per heavy atom. The van der Waals surface area contributed by atoms with Gasteiger partial charge in [-0.25, -0.2) is 0 Å². The van der Waals surface area contributed by atoms with Gasteiger partial charge in [0.1, 0.15) is 0 Å². The van der Waals surface area contributed by atoms with Crippen molar-refractivity contribution in [3.05, 3.63) is 29.6 Å². The van der Waals surface area contributed by atoms with E-state index in [2.05, 4.69) is 10.9 Å². The van der Waals surface area contributed by atoms with Gasteiger partial charge in [0.2, 0.25) is 0 Å². The third-order valence-corrected chi connectivity index (χ3v) is 2.07. The van der Waals surface area contributed by atoms with Crippen LogP contribution in [-0.4, -0.2) is 10.1 Å². The predicted octanol–water partition coefficient (Wildman–Crippen LogP) is 2.23. The summed E-state index contributed by atoms with van der Waals surface area (Å²) >= 11 is 0. The predicted molar refractivity (Wildman–Crippen MR) is 56.6 cm³/mol. The van der Waals surface area contributed by atoms with Gasteiger partial charge in [-0.15, -0.1) is 12.3 Å². The SMILES string of the molecule is C#CCCCC(O)c1ccc(C)cn1. The molecule has 1 rings (SSSR count). The average Bonchev–Trinajstić information content (AvgIpc) is 2.19. The average molecular weight is 189 g/mol. The van der Waals surface area contributed by atoms with Crippen LogP contribution in [0.5, 0.6) is 0 Å². The first-order valence-corrected chi connectivity index (χ1v) is 4.78. The molecule has 0 aromatic carbocycles. The van der Waals surface area contributed by atoms with Crippen molar-refractivity contribution in [1.82, 2.24) is 4.98 Å². The summed E-state index contributed by atoms with van der Waals surface area (Å²) in [6.07, 6.45) is 8.64. The van der Waals surface area contributed by atoms with E-state index in [9.17, 15) is 5.11 Å². The number of aromatic nitrogens is 1. The highest BCUT2D eigenvalue weighted by atomic mass is 16.3. The smallest absolute Gasteiger partial charge is 0.0960 e. The molecule has 74 valence electrons. The van der Waals surface area contributed by atoms with Crippen molar-refractivity contribution < 1.29 is 5.11 Å². The van der Waals surface area contributed by atoms with Crippen LogP contribution >= 0.6 is 0 Å². The molecule has 2 nitrogen and oxygen atoms in total. The highest BCUT2D eigenvalue weighted by Gasteiger charge is 2.07. The van der Waals surface area contributed by atoms with Gasteiger partial charge in [-0.3, -0.25) is 4.98 Å². The second kappa shape index (κ2) is 5.41. The van der Waals surface area contributed by atoms with Gasteiger partial charge in [-0.05, 0) is 31.4 Å². The molecule has 1 atom stereocenters. The molecule has 2 heteroatoms. The summed E-state index contributed by atoms with van der Waals surface area (Å²) in [6, 6.07) is 3.81. The van der Waals surface area contributed by atoms with Crippen molar-refractivity contribution in [2.24, 2.45) is 0 Å². The van der Waals surface area contributed by atoms with Gasteiger partial charge in [-0.1, -0.05) is 6.07 Å². The minimum absolute atomic E-state index is 0.482. The largest absolute Gasteiger partial charge is 0.387 e. The number of rotatable bonds is 4. The highest BCUT2D eigenvalue weighted by molar-refractivity contribution is 5.13. The molecule has 0 saturated heterocycles. The minimum atomic E-state index is -0.482. The van der Waals surface area contributed by atoms with Crippen LogP contribution in [-0.2, 0) is 0 Å². The Kier molecular flexibility index (Phi) is 4.15. The molecule has 0 spiro atoms. The Balaban J connectivity index is 2.48. The second-order valence-electron chi connectivity index (χ2n) is 3.37. The number of nitrogens with zero attached hydrogens (tertiary/aromatic N) is 1. The van der Waals surface area contributed by atoms with Gasteiger partial charge in [0.05, 0.1) is 11.8 Å². The standard InChI is InChI=1S/C12H15NO/c1-3-4-5-6-12(14)11-8-7-10(2)9-13-11/h1,7-9,12,14H,4-6H2,2H3. The normalized spacial score (nSPS) is 12.1. The molecule has 0 bridgehead atoms. The van der Waals surface area contributed by atoms with E-state index in [1.165, 1.54) is 0 Å². The van der Waals surface area contributed by atoms with Crippen molar-refractivity contribution in [2.45, 2.75) is 32.3 Å². The van der Waals surface area contributed by atoms with E-state index in [0.29, 0.717) is 12.8 Å². The molecule has 1 aromatic rings. The van der Waals surface area contributed by atoms with Crippen molar-refractivity contribution in [3.63, 3.8) is 0 Å². The zero-order chi connectivity index (χ0) is 10.4. The molecule has 0 saturated carbocycles. The second-order valence-corrected chi connectivity index (χ2v) is 3.37. The molecule has 1 aromatic heterocycles. The Labute approximate surface area is 85.0 Å². The topological polar surface area (TPSA) is 33.1 Å². The van der Waals surface area contributed by atoms with Crippen LogP contribution in [0.25, 0.3) is 0 Å². The number of aliphatic hydroxyl groups excluding tert-OH is 1. The maximum atomic E-state index is 9.71. The number of unbranched alkanes of at least 4 members (excludes halogenated alkanes) is 1. The first-order valence-electron chi connectivity index (χ1n) is 4.78. The number of hydrogen-bond donors (Lipinski definition) is 1. The van der Waals surface area contributed by atoms with Crippen LogP contribution in [0.15, 0.2) is 18.3 Å². The van der Waals surface area contributed by atoms with Crippen LogP contribution in [0.1, 0.15) is 36.6 Å². The summed E-state index contributed by atoms with van der Waals surface area (Å²) in [4.78, 5) is 4.16. The zero-order valence-corrected chi connectivity index (χ0v) is 8.40. The molecular formula is C12H15NO. The Bertz CT molecular complexity index is 310. The number of terminal acetylenes is 1. The molecule has 0 aliphatic carbocycles. The first-order chi connectivity index (χ1) is 6.74.